The van der Waals surface area contributed by atoms with Crippen molar-refractivity contribution >= 4 is 5.91 Å². The zero-order valence-electron chi connectivity index (χ0n) is 9.64. The number of aromatic nitrogens is 4. The van der Waals surface area contributed by atoms with Gasteiger partial charge < -0.3 is 5.32 Å². The predicted octanol–water partition coefficient (Wildman–Crippen LogP) is 0.999. The number of nitrogens with one attached hydrogen (secondary N) is 2. The van der Waals surface area contributed by atoms with Gasteiger partial charge in [-0.1, -0.05) is 0 Å². The highest BCUT2D eigenvalue weighted by atomic mass is 16.1. The molecule has 1 atom stereocenters. The lowest BCUT2D eigenvalue weighted by Gasteiger charge is -2.10. The fourth-order valence-electron chi connectivity index (χ4n) is 1.46. The Hall–Kier alpha value is -2.24. The summed E-state index contributed by atoms with van der Waals surface area (Å²) in [5.74, 6) is 0.475. The molecule has 2 aromatic rings. The minimum atomic E-state index is -0.210. The first-order valence-corrected chi connectivity index (χ1v) is 5.25. The fraction of sp³-hybridized carbons (Fsp3) is 0.273. The monoisotopic (exact) mass is 231 g/mol. The molecule has 2 N–H and O–H groups in total. The SMILES string of the molecule is Cc1cc(C(=O)NC(C)c2ncn[nH]2)ccn1. The molecule has 88 valence electrons. The highest BCUT2D eigenvalue weighted by Gasteiger charge is 2.13. The van der Waals surface area contributed by atoms with E-state index in [1.165, 1.54) is 6.33 Å². The number of nitrogens with zero attached hydrogens (tertiary/aromatic N) is 3. The van der Waals surface area contributed by atoms with Gasteiger partial charge in [0.25, 0.3) is 5.91 Å². The molecule has 0 spiro atoms. The van der Waals surface area contributed by atoms with Gasteiger partial charge in [-0.3, -0.25) is 14.9 Å². The van der Waals surface area contributed by atoms with Crippen LogP contribution in [0.1, 0.15) is 34.8 Å². The lowest BCUT2D eigenvalue weighted by Crippen LogP contribution is -2.27. The van der Waals surface area contributed by atoms with Crippen molar-refractivity contribution in [3.8, 4) is 0 Å². The number of hydrogen-bond acceptors (Lipinski definition) is 4. The molecule has 0 saturated carbocycles. The quantitative estimate of drug-likeness (QED) is 0.825. The number of carbonyl (C=O) groups is 1. The lowest BCUT2D eigenvalue weighted by molar-refractivity contribution is 0.0938. The average Bonchev–Trinajstić information content (AvgIpc) is 2.82. The van der Waals surface area contributed by atoms with Crippen molar-refractivity contribution in [1.82, 2.24) is 25.5 Å². The predicted molar refractivity (Wildman–Crippen MR) is 61.2 cm³/mol. The van der Waals surface area contributed by atoms with Crippen molar-refractivity contribution in [3.05, 3.63) is 41.7 Å². The average molecular weight is 231 g/mol. The van der Waals surface area contributed by atoms with E-state index in [0.717, 1.165) is 5.69 Å². The molecule has 0 aliphatic rings. The lowest BCUT2D eigenvalue weighted by atomic mass is 10.2. The maximum atomic E-state index is 11.9. The summed E-state index contributed by atoms with van der Waals surface area (Å²) in [5, 5.41) is 9.28. The molecule has 0 fully saturated rings. The fourth-order valence-corrected chi connectivity index (χ4v) is 1.46. The Morgan fingerprint density at radius 2 is 2.29 bits per heavy atom. The van der Waals surface area contributed by atoms with E-state index in [1.54, 1.807) is 18.3 Å². The van der Waals surface area contributed by atoms with E-state index in [1.807, 2.05) is 13.8 Å². The summed E-state index contributed by atoms with van der Waals surface area (Å²) in [6.07, 6.45) is 3.03. The number of amides is 1. The zero-order chi connectivity index (χ0) is 12.3. The van der Waals surface area contributed by atoms with Crippen LogP contribution in [0.25, 0.3) is 0 Å². The molecule has 2 aromatic heterocycles. The molecule has 6 nitrogen and oxygen atoms in total. The van der Waals surface area contributed by atoms with Crippen LogP contribution in [-0.2, 0) is 0 Å². The molecule has 0 aromatic carbocycles. The largest absolute Gasteiger partial charge is 0.342 e. The minimum Gasteiger partial charge on any atom is -0.342 e. The van der Waals surface area contributed by atoms with Gasteiger partial charge in [0.15, 0.2) is 0 Å². The van der Waals surface area contributed by atoms with Crippen LogP contribution in [0.4, 0.5) is 0 Å². The first kappa shape index (κ1) is 11.3. The number of rotatable bonds is 3. The second-order valence-electron chi connectivity index (χ2n) is 3.75. The van der Waals surface area contributed by atoms with Crippen molar-refractivity contribution in [3.63, 3.8) is 0 Å². The van der Waals surface area contributed by atoms with Gasteiger partial charge in [0.2, 0.25) is 0 Å². The van der Waals surface area contributed by atoms with E-state index in [-0.39, 0.29) is 11.9 Å². The summed E-state index contributed by atoms with van der Waals surface area (Å²) in [5.41, 5.74) is 1.40. The van der Waals surface area contributed by atoms with Crippen molar-refractivity contribution in [2.75, 3.05) is 0 Å². The third-order valence-electron chi connectivity index (χ3n) is 2.35. The Morgan fingerprint density at radius 3 is 2.94 bits per heavy atom. The van der Waals surface area contributed by atoms with Crippen molar-refractivity contribution < 1.29 is 4.79 Å². The van der Waals surface area contributed by atoms with E-state index in [9.17, 15) is 4.79 Å². The number of hydrogen-bond donors (Lipinski definition) is 2. The van der Waals surface area contributed by atoms with Crippen LogP contribution in [0, 0.1) is 6.92 Å². The van der Waals surface area contributed by atoms with Crippen LogP contribution < -0.4 is 5.32 Å². The molecule has 17 heavy (non-hydrogen) atoms. The van der Waals surface area contributed by atoms with Crippen LogP contribution in [0.5, 0.6) is 0 Å². The third-order valence-corrected chi connectivity index (χ3v) is 2.35. The van der Waals surface area contributed by atoms with Gasteiger partial charge in [-0.25, -0.2) is 4.98 Å². The van der Waals surface area contributed by atoms with E-state index in [2.05, 4.69) is 25.5 Å². The van der Waals surface area contributed by atoms with Crippen molar-refractivity contribution in [1.29, 1.82) is 0 Å². The van der Waals surface area contributed by atoms with Crippen molar-refractivity contribution in [2.45, 2.75) is 19.9 Å². The van der Waals surface area contributed by atoms with E-state index in [0.29, 0.717) is 11.4 Å². The molecule has 2 heterocycles. The number of aromatic amines is 1. The molecule has 1 unspecified atom stereocenters. The number of H-pyrrole nitrogens is 1. The maximum absolute atomic E-state index is 11.9. The Kier molecular flexibility index (Phi) is 3.13. The summed E-state index contributed by atoms with van der Waals surface area (Å²) < 4.78 is 0. The highest BCUT2D eigenvalue weighted by Crippen LogP contribution is 2.07. The maximum Gasteiger partial charge on any atom is 0.251 e. The van der Waals surface area contributed by atoms with Crippen LogP contribution in [0.3, 0.4) is 0 Å². The Morgan fingerprint density at radius 1 is 1.47 bits per heavy atom. The van der Waals surface area contributed by atoms with Gasteiger partial charge in [0.1, 0.15) is 12.2 Å². The van der Waals surface area contributed by atoms with Crippen LogP contribution in [0.15, 0.2) is 24.7 Å². The summed E-state index contributed by atoms with van der Waals surface area (Å²) in [7, 11) is 0. The Labute approximate surface area is 98.5 Å². The second kappa shape index (κ2) is 4.73. The van der Waals surface area contributed by atoms with Gasteiger partial charge >= 0.3 is 0 Å². The zero-order valence-corrected chi connectivity index (χ0v) is 9.64. The first-order valence-electron chi connectivity index (χ1n) is 5.25. The van der Waals surface area contributed by atoms with Gasteiger partial charge in [0, 0.05) is 17.5 Å². The van der Waals surface area contributed by atoms with E-state index >= 15 is 0 Å². The van der Waals surface area contributed by atoms with Gasteiger partial charge in [0.05, 0.1) is 6.04 Å². The smallest absolute Gasteiger partial charge is 0.251 e. The molecule has 6 heteroatoms. The first-order chi connectivity index (χ1) is 8.16. The second-order valence-corrected chi connectivity index (χ2v) is 3.75. The number of carbonyl (C=O) groups excluding carboxylic acids is 1. The van der Waals surface area contributed by atoms with Crippen molar-refractivity contribution in [2.24, 2.45) is 0 Å². The molecule has 2 rings (SSSR count). The van der Waals surface area contributed by atoms with Gasteiger partial charge in [-0.05, 0) is 26.0 Å². The third kappa shape index (κ3) is 2.66. The Bertz CT molecular complexity index is 508. The molecule has 0 aliphatic carbocycles. The summed E-state index contributed by atoms with van der Waals surface area (Å²) in [4.78, 5) is 19.9. The molecular formula is C11H13N5O. The normalized spacial score (nSPS) is 12.1. The summed E-state index contributed by atoms with van der Waals surface area (Å²) >= 11 is 0. The summed E-state index contributed by atoms with van der Waals surface area (Å²) in [6.45, 7) is 3.68. The topological polar surface area (TPSA) is 83.6 Å². The molecular weight excluding hydrogens is 218 g/mol. The highest BCUT2D eigenvalue weighted by molar-refractivity contribution is 5.94. The minimum absolute atomic E-state index is 0.153. The molecule has 0 saturated heterocycles. The van der Waals surface area contributed by atoms with Crippen LogP contribution in [0.2, 0.25) is 0 Å². The van der Waals surface area contributed by atoms with Gasteiger partial charge in [-0.2, -0.15) is 5.10 Å². The van der Waals surface area contributed by atoms with E-state index in [4.69, 9.17) is 0 Å². The van der Waals surface area contributed by atoms with Crippen LogP contribution >= 0.6 is 0 Å². The number of pyridine rings is 1. The van der Waals surface area contributed by atoms with E-state index < -0.39 is 0 Å². The molecule has 0 aliphatic heterocycles. The van der Waals surface area contributed by atoms with Crippen LogP contribution in [-0.4, -0.2) is 26.1 Å². The molecule has 1 amide bonds. The molecule has 0 radical (unpaired) electrons. The standard InChI is InChI=1S/C11H13N5O/c1-7-5-9(3-4-12-7)11(17)15-8(2)10-13-6-14-16-10/h3-6,8H,1-2H3,(H,15,17)(H,13,14,16). The van der Waals surface area contributed by atoms with Gasteiger partial charge in [-0.15, -0.1) is 0 Å². The molecule has 0 bridgehead atoms. The summed E-state index contributed by atoms with van der Waals surface area (Å²) in [6, 6.07) is 3.20. The number of aryl methyl sites for hydroxylation is 1. The Balaban J connectivity index is 2.07.